The first-order valence-corrected chi connectivity index (χ1v) is 8.02. The van der Waals surface area contributed by atoms with Gasteiger partial charge in [0.1, 0.15) is 12.2 Å². The Morgan fingerprint density at radius 2 is 1.62 bits per heavy atom. The fourth-order valence-electron chi connectivity index (χ4n) is 3.69. The Morgan fingerprint density at radius 3 is 2.24 bits per heavy atom. The van der Waals surface area contributed by atoms with E-state index in [0.29, 0.717) is 6.54 Å². The van der Waals surface area contributed by atoms with Crippen LogP contribution in [-0.4, -0.2) is 69.4 Å². The second-order valence-corrected chi connectivity index (χ2v) is 6.44. The topological polar surface area (TPSA) is 84.2 Å². The quantitative estimate of drug-likeness (QED) is 0.593. The van der Waals surface area contributed by atoms with Gasteiger partial charge >= 0.3 is 0 Å². The van der Waals surface area contributed by atoms with Crippen LogP contribution in [0.5, 0.6) is 0 Å². The highest BCUT2D eigenvalue weighted by atomic mass is 35.5. The molecule has 6 heteroatoms. The van der Waals surface area contributed by atoms with Gasteiger partial charge in [0.15, 0.2) is 0 Å². The minimum absolute atomic E-state index is 0. The van der Waals surface area contributed by atoms with Crippen LogP contribution in [-0.2, 0) is 0 Å². The molecule has 1 saturated heterocycles. The van der Waals surface area contributed by atoms with Crippen molar-refractivity contribution >= 4 is 12.4 Å². The Labute approximate surface area is 133 Å². The number of likely N-dealkylation sites (tertiary alicyclic amines) is 1. The van der Waals surface area contributed by atoms with Gasteiger partial charge in [0.25, 0.3) is 0 Å². The van der Waals surface area contributed by atoms with Gasteiger partial charge in [-0.25, -0.2) is 0 Å². The summed E-state index contributed by atoms with van der Waals surface area (Å²) in [6.07, 6.45) is 5.77. The van der Waals surface area contributed by atoms with Gasteiger partial charge in [-0.15, -0.1) is 12.4 Å². The zero-order chi connectivity index (χ0) is 14.5. The number of aliphatic hydroxyl groups excluding tert-OH is 4. The molecule has 126 valence electrons. The van der Waals surface area contributed by atoms with E-state index in [4.69, 9.17) is 0 Å². The predicted molar refractivity (Wildman–Crippen MR) is 83.5 cm³/mol. The van der Waals surface area contributed by atoms with Gasteiger partial charge in [0, 0.05) is 6.54 Å². The summed E-state index contributed by atoms with van der Waals surface area (Å²) >= 11 is 0. The van der Waals surface area contributed by atoms with Gasteiger partial charge in [0.05, 0.1) is 18.8 Å². The molecule has 4 N–H and O–H groups in total. The average Bonchev–Trinajstić information content (AvgIpc) is 2.46. The van der Waals surface area contributed by atoms with E-state index in [1.54, 1.807) is 0 Å². The summed E-state index contributed by atoms with van der Waals surface area (Å²) in [4.78, 5) is 1.92. The van der Waals surface area contributed by atoms with Gasteiger partial charge in [-0.1, -0.05) is 32.1 Å². The molecule has 0 spiro atoms. The van der Waals surface area contributed by atoms with Crippen LogP contribution in [0.1, 0.15) is 44.9 Å². The van der Waals surface area contributed by atoms with E-state index in [2.05, 4.69) is 0 Å². The Morgan fingerprint density at radius 1 is 0.952 bits per heavy atom. The lowest BCUT2D eigenvalue weighted by Gasteiger charge is -2.43. The largest absolute Gasteiger partial charge is 0.395 e. The number of hydrogen-bond acceptors (Lipinski definition) is 5. The summed E-state index contributed by atoms with van der Waals surface area (Å²) in [5, 5.41) is 38.7. The lowest BCUT2D eigenvalue weighted by molar-refractivity contribution is -0.145. The number of aliphatic hydroxyl groups is 4. The van der Waals surface area contributed by atoms with Gasteiger partial charge in [-0.2, -0.15) is 0 Å². The number of rotatable bonds is 5. The van der Waals surface area contributed by atoms with Crippen molar-refractivity contribution in [1.29, 1.82) is 0 Å². The van der Waals surface area contributed by atoms with Crippen LogP contribution in [0.3, 0.4) is 0 Å². The van der Waals surface area contributed by atoms with Crippen LogP contribution in [0, 0.1) is 5.92 Å². The molecule has 1 heterocycles. The van der Waals surface area contributed by atoms with E-state index < -0.39 is 24.4 Å². The summed E-state index contributed by atoms with van der Waals surface area (Å²) in [6.45, 7) is 0.908. The standard InChI is InChI=1S/C15H29NO4.ClH/c17-10-12-14(19)15(20)13(18)9-16(12)8-4-7-11-5-2-1-3-6-11;/h11-15,17-20H,1-10H2;1H/t12-,13+,14-,15-;/m1./s1. The zero-order valence-corrected chi connectivity index (χ0v) is 13.4. The first kappa shape index (κ1) is 19.1. The van der Waals surface area contributed by atoms with Crippen molar-refractivity contribution in [3.8, 4) is 0 Å². The molecule has 1 saturated carbocycles. The zero-order valence-electron chi connectivity index (χ0n) is 12.6. The fraction of sp³-hybridized carbons (Fsp3) is 1.00. The van der Waals surface area contributed by atoms with Crippen molar-refractivity contribution < 1.29 is 20.4 Å². The smallest absolute Gasteiger partial charge is 0.109 e. The highest BCUT2D eigenvalue weighted by Gasteiger charge is 2.40. The van der Waals surface area contributed by atoms with Crippen LogP contribution in [0.15, 0.2) is 0 Å². The number of nitrogens with zero attached hydrogens (tertiary/aromatic N) is 1. The van der Waals surface area contributed by atoms with Gasteiger partial charge < -0.3 is 20.4 Å². The molecule has 1 aliphatic carbocycles. The number of β-amino-alcohol motifs (C(OH)–C–C–N with tert-alkyl or cyclic N) is 1. The minimum atomic E-state index is -1.15. The lowest BCUT2D eigenvalue weighted by atomic mass is 9.86. The molecule has 21 heavy (non-hydrogen) atoms. The summed E-state index contributed by atoms with van der Waals surface area (Å²) in [7, 11) is 0. The second-order valence-electron chi connectivity index (χ2n) is 6.44. The van der Waals surface area contributed by atoms with Crippen LogP contribution < -0.4 is 0 Å². The molecule has 0 aromatic carbocycles. The maximum Gasteiger partial charge on any atom is 0.109 e. The molecule has 0 bridgehead atoms. The third-order valence-corrected chi connectivity index (χ3v) is 5.00. The number of halogens is 1. The molecule has 0 aromatic rings. The molecule has 2 aliphatic rings. The van der Waals surface area contributed by atoms with Crippen LogP contribution >= 0.6 is 12.4 Å². The molecule has 2 fully saturated rings. The highest BCUT2D eigenvalue weighted by molar-refractivity contribution is 5.85. The molecular formula is C15H30ClNO4. The van der Waals surface area contributed by atoms with E-state index in [0.717, 1.165) is 18.9 Å². The van der Waals surface area contributed by atoms with Crippen LogP contribution in [0.4, 0.5) is 0 Å². The second kappa shape index (κ2) is 9.28. The molecule has 0 unspecified atom stereocenters. The Kier molecular flexibility index (Phi) is 8.46. The monoisotopic (exact) mass is 323 g/mol. The van der Waals surface area contributed by atoms with E-state index in [-0.39, 0.29) is 19.0 Å². The average molecular weight is 324 g/mol. The van der Waals surface area contributed by atoms with Crippen molar-refractivity contribution in [2.24, 2.45) is 5.92 Å². The fourth-order valence-corrected chi connectivity index (χ4v) is 3.69. The maximum absolute atomic E-state index is 9.91. The molecule has 0 radical (unpaired) electrons. The van der Waals surface area contributed by atoms with Gasteiger partial charge in [0.2, 0.25) is 0 Å². The minimum Gasteiger partial charge on any atom is -0.395 e. The first-order valence-electron chi connectivity index (χ1n) is 8.02. The van der Waals surface area contributed by atoms with E-state index in [9.17, 15) is 20.4 Å². The summed E-state index contributed by atoms with van der Waals surface area (Å²) in [5.41, 5.74) is 0. The molecule has 0 amide bonds. The Balaban J connectivity index is 0.00000220. The van der Waals surface area contributed by atoms with Gasteiger partial charge in [-0.05, 0) is 25.3 Å². The van der Waals surface area contributed by atoms with Crippen molar-refractivity contribution in [2.45, 2.75) is 69.3 Å². The van der Waals surface area contributed by atoms with Crippen molar-refractivity contribution in [1.82, 2.24) is 4.90 Å². The van der Waals surface area contributed by atoms with Crippen molar-refractivity contribution in [2.75, 3.05) is 19.7 Å². The predicted octanol–water partition coefficient (Wildman–Crippen LogP) is 0.528. The van der Waals surface area contributed by atoms with Crippen molar-refractivity contribution in [3.05, 3.63) is 0 Å². The molecular weight excluding hydrogens is 294 g/mol. The van der Waals surface area contributed by atoms with Crippen LogP contribution in [0.25, 0.3) is 0 Å². The number of hydrogen-bond donors (Lipinski definition) is 4. The molecule has 5 nitrogen and oxygen atoms in total. The number of piperidine rings is 1. The van der Waals surface area contributed by atoms with E-state index >= 15 is 0 Å². The molecule has 2 rings (SSSR count). The summed E-state index contributed by atoms with van der Waals surface area (Å²) in [6, 6.07) is -0.459. The maximum atomic E-state index is 9.91. The highest BCUT2D eigenvalue weighted by Crippen LogP contribution is 2.28. The SMILES string of the molecule is Cl.OC[C@@H]1[C@@H](O)[C@H](O)[C@@H](O)CN1CCCC1CCCCC1. The molecule has 1 aliphatic heterocycles. The lowest BCUT2D eigenvalue weighted by Crippen LogP contribution is -2.62. The van der Waals surface area contributed by atoms with E-state index in [1.807, 2.05) is 4.90 Å². The summed E-state index contributed by atoms with van der Waals surface area (Å²) < 4.78 is 0. The summed E-state index contributed by atoms with van der Waals surface area (Å²) in [5.74, 6) is 0.821. The first-order chi connectivity index (χ1) is 9.63. The van der Waals surface area contributed by atoms with Crippen LogP contribution in [0.2, 0.25) is 0 Å². The molecule has 0 aromatic heterocycles. The van der Waals surface area contributed by atoms with Crippen molar-refractivity contribution in [3.63, 3.8) is 0 Å². The Bertz CT molecular complexity index is 289. The molecule has 4 atom stereocenters. The van der Waals surface area contributed by atoms with E-state index in [1.165, 1.54) is 38.5 Å². The normalized spacial score (nSPS) is 35.4. The third-order valence-electron chi connectivity index (χ3n) is 5.00. The third kappa shape index (κ3) is 5.05. The van der Waals surface area contributed by atoms with Gasteiger partial charge in [-0.3, -0.25) is 4.90 Å². The Hall–Kier alpha value is 0.0900.